The van der Waals surface area contributed by atoms with Gasteiger partial charge >= 0.3 is 0 Å². The van der Waals surface area contributed by atoms with Gasteiger partial charge in [-0.15, -0.1) is 5.10 Å². The molecule has 1 aliphatic heterocycles. The molecule has 0 unspecified atom stereocenters. The maximum Gasteiger partial charge on any atom is 0.245 e. The predicted octanol–water partition coefficient (Wildman–Crippen LogP) is 2.45. The van der Waals surface area contributed by atoms with Gasteiger partial charge in [0.25, 0.3) is 0 Å². The lowest BCUT2D eigenvalue weighted by molar-refractivity contribution is 0.439. The summed E-state index contributed by atoms with van der Waals surface area (Å²) >= 11 is 5.69. The van der Waals surface area contributed by atoms with Gasteiger partial charge in [0.1, 0.15) is 5.82 Å². The topological polar surface area (TPSA) is 56.8 Å². The van der Waals surface area contributed by atoms with E-state index in [9.17, 15) is 4.39 Å². The Hall–Kier alpha value is -1.66. The lowest BCUT2D eigenvalue weighted by atomic mass is 10.1. The quantitative estimate of drug-likeness (QED) is 0.914. The number of benzene rings is 1. The van der Waals surface area contributed by atoms with Crippen molar-refractivity contribution >= 4 is 17.5 Å². The molecule has 0 aliphatic carbocycles. The third-order valence-electron chi connectivity index (χ3n) is 3.85. The van der Waals surface area contributed by atoms with Crippen molar-refractivity contribution in [1.29, 1.82) is 0 Å². The third kappa shape index (κ3) is 3.01. The first-order valence-electron chi connectivity index (χ1n) is 6.97. The first-order chi connectivity index (χ1) is 10.2. The lowest BCUT2D eigenvalue weighted by Crippen LogP contribution is -2.41. The van der Waals surface area contributed by atoms with Crippen LogP contribution in [0.15, 0.2) is 18.2 Å². The van der Waals surface area contributed by atoms with E-state index in [0.29, 0.717) is 23.4 Å². The van der Waals surface area contributed by atoms with Crippen LogP contribution in [0.1, 0.15) is 12.8 Å². The normalized spacial score (nSPS) is 16.4. The smallest absolute Gasteiger partial charge is 0.245 e. The molecule has 1 aromatic carbocycles. The van der Waals surface area contributed by atoms with Gasteiger partial charge in [0.2, 0.25) is 5.95 Å². The van der Waals surface area contributed by atoms with Crippen molar-refractivity contribution in [1.82, 2.24) is 20.5 Å². The molecule has 112 valence electrons. The summed E-state index contributed by atoms with van der Waals surface area (Å²) in [4.78, 5) is 6.59. The minimum atomic E-state index is -0.457. The molecule has 0 radical (unpaired) electrons. The van der Waals surface area contributed by atoms with Gasteiger partial charge in [-0.1, -0.05) is 11.6 Å². The highest BCUT2D eigenvalue weighted by Crippen LogP contribution is 2.24. The molecule has 0 saturated carbocycles. The van der Waals surface area contributed by atoms with Crippen molar-refractivity contribution in [3.63, 3.8) is 0 Å². The molecule has 7 heteroatoms. The minimum absolute atomic E-state index is 0.104. The van der Waals surface area contributed by atoms with E-state index in [-0.39, 0.29) is 5.02 Å². The van der Waals surface area contributed by atoms with E-state index >= 15 is 0 Å². The van der Waals surface area contributed by atoms with Crippen molar-refractivity contribution in [2.24, 2.45) is 0 Å². The monoisotopic (exact) mass is 309 g/mol. The molecule has 1 aliphatic rings. The second-order valence-corrected chi connectivity index (χ2v) is 5.57. The van der Waals surface area contributed by atoms with Gasteiger partial charge in [0, 0.05) is 24.7 Å². The van der Waals surface area contributed by atoms with E-state index in [1.54, 1.807) is 6.07 Å². The van der Waals surface area contributed by atoms with Crippen molar-refractivity contribution in [2.45, 2.75) is 18.9 Å². The van der Waals surface area contributed by atoms with E-state index < -0.39 is 5.82 Å². The molecular formula is C14H17ClFN5. The highest BCUT2D eigenvalue weighted by molar-refractivity contribution is 6.30. The molecule has 1 aromatic heterocycles. The van der Waals surface area contributed by atoms with Crippen molar-refractivity contribution < 1.29 is 4.39 Å². The molecule has 21 heavy (non-hydrogen) atoms. The number of anilines is 1. The second kappa shape index (κ2) is 5.99. The number of nitrogens with zero attached hydrogens (tertiary/aromatic N) is 3. The SMILES string of the molecule is CNC1CCN(c2n[nH]c(-c3ccc(Cl)c(F)c3)n2)CC1. The molecule has 3 rings (SSSR count). The van der Waals surface area contributed by atoms with Crippen LogP contribution in [0.2, 0.25) is 5.02 Å². The van der Waals surface area contributed by atoms with E-state index in [1.807, 2.05) is 7.05 Å². The Kier molecular flexibility index (Phi) is 4.07. The van der Waals surface area contributed by atoms with Gasteiger partial charge in [-0.25, -0.2) is 4.39 Å². The minimum Gasteiger partial charge on any atom is -0.339 e. The molecule has 0 bridgehead atoms. The average molecular weight is 310 g/mol. The highest BCUT2D eigenvalue weighted by Gasteiger charge is 2.21. The van der Waals surface area contributed by atoms with Crippen LogP contribution in [0.3, 0.4) is 0 Å². The Morgan fingerprint density at radius 1 is 1.38 bits per heavy atom. The zero-order valence-corrected chi connectivity index (χ0v) is 12.5. The Labute approximate surface area is 127 Å². The van der Waals surface area contributed by atoms with Gasteiger partial charge in [0.05, 0.1) is 5.02 Å². The molecular weight excluding hydrogens is 293 g/mol. The first kappa shape index (κ1) is 14.3. The van der Waals surface area contributed by atoms with Crippen LogP contribution in [0.5, 0.6) is 0 Å². The van der Waals surface area contributed by atoms with Crippen molar-refractivity contribution in [2.75, 3.05) is 25.0 Å². The van der Waals surface area contributed by atoms with Crippen molar-refractivity contribution in [3.05, 3.63) is 29.0 Å². The maximum atomic E-state index is 13.5. The number of aromatic nitrogens is 3. The fraction of sp³-hybridized carbons (Fsp3) is 0.429. The summed E-state index contributed by atoms with van der Waals surface area (Å²) in [7, 11) is 1.99. The fourth-order valence-electron chi connectivity index (χ4n) is 2.54. The maximum absolute atomic E-state index is 13.5. The van der Waals surface area contributed by atoms with Gasteiger partial charge < -0.3 is 10.2 Å². The van der Waals surface area contributed by atoms with Gasteiger partial charge in [-0.3, -0.25) is 5.10 Å². The number of H-pyrrole nitrogens is 1. The number of halogens is 2. The highest BCUT2D eigenvalue weighted by atomic mass is 35.5. The van der Waals surface area contributed by atoms with Crippen LogP contribution in [-0.4, -0.2) is 41.4 Å². The summed E-state index contributed by atoms with van der Waals surface area (Å²) in [5.74, 6) is 0.758. The Morgan fingerprint density at radius 3 is 2.81 bits per heavy atom. The number of piperidine rings is 1. The largest absolute Gasteiger partial charge is 0.339 e. The van der Waals surface area contributed by atoms with Crippen LogP contribution in [0.4, 0.5) is 10.3 Å². The van der Waals surface area contributed by atoms with E-state index in [2.05, 4.69) is 25.4 Å². The van der Waals surface area contributed by atoms with Crippen LogP contribution in [-0.2, 0) is 0 Å². The van der Waals surface area contributed by atoms with Gasteiger partial charge in [0.15, 0.2) is 5.82 Å². The third-order valence-corrected chi connectivity index (χ3v) is 4.16. The van der Waals surface area contributed by atoms with Crippen LogP contribution in [0.25, 0.3) is 11.4 Å². The fourth-order valence-corrected chi connectivity index (χ4v) is 2.65. The first-order valence-corrected chi connectivity index (χ1v) is 7.35. The van der Waals surface area contributed by atoms with E-state index in [4.69, 9.17) is 11.6 Å². The molecule has 2 heterocycles. The molecule has 1 saturated heterocycles. The number of nitrogens with one attached hydrogen (secondary N) is 2. The molecule has 2 N–H and O–H groups in total. The van der Waals surface area contributed by atoms with Gasteiger partial charge in [-0.05, 0) is 38.1 Å². The van der Waals surface area contributed by atoms with Gasteiger partial charge in [-0.2, -0.15) is 4.98 Å². The molecule has 0 atom stereocenters. The standard InChI is InChI=1S/C14H17ClFN5/c1-17-10-4-6-21(7-5-10)14-18-13(19-20-14)9-2-3-11(15)12(16)8-9/h2-3,8,10,17H,4-7H2,1H3,(H,18,19,20). The number of hydrogen-bond acceptors (Lipinski definition) is 4. The number of aromatic amines is 1. The molecule has 0 spiro atoms. The van der Waals surface area contributed by atoms with Crippen molar-refractivity contribution in [3.8, 4) is 11.4 Å². The molecule has 1 fully saturated rings. The number of hydrogen-bond donors (Lipinski definition) is 2. The Bertz CT molecular complexity index is 622. The average Bonchev–Trinajstić information content (AvgIpc) is 3.00. The summed E-state index contributed by atoms with van der Waals surface area (Å²) in [5.41, 5.74) is 0.640. The van der Waals surface area contributed by atoms with E-state index in [0.717, 1.165) is 25.9 Å². The van der Waals surface area contributed by atoms with Crippen LogP contribution in [0, 0.1) is 5.82 Å². The summed E-state index contributed by atoms with van der Waals surface area (Å²) in [5, 5.41) is 10.5. The predicted molar refractivity (Wildman–Crippen MR) is 81.1 cm³/mol. The summed E-state index contributed by atoms with van der Waals surface area (Å²) in [6.45, 7) is 1.83. The van der Waals surface area contributed by atoms with Crippen LogP contribution >= 0.6 is 11.6 Å². The molecule has 5 nitrogen and oxygen atoms in total. The Balaban J connectivity index is 1.76. The molecule has 2 aromatic rings. The summed E-state index contributed by atoms with van der Waals surface area (Å²) < 4.78 is 13.5. The number of rotatable bonds is 3. The Morgan fingerprint density at radius 2 is 2.14 bits per heavy atom. The molecule has 0 amide bonds. The lowest BCUT2D eigenvalue weighted by Gasteiger charge is -2.30. The summed E-state index contributed by atoms with van der Waals surface area (Å²) in [6, 6.07) is 5.17. The van der Waals surface area contributed by atoms with E-state index in [1.165, 1.54) is 12.1 Å². The summed E-state index contributed by atoms with van der Waals surface area (Å²) in [6.07, 6.45) is 2.13. The zero-order valence-electron chi connectivity index (χ0n) is 11.7. The second-order valence-electron chi connectivity index (χ2n) is 5.16. The zero-order chi connectivity index (χ0) is 14.8. The van der Waals surface area contributed by atoms with Crippen LogP contribution < -0.4 is 10.2 Å².